The Morgan fingerprint density at radius 2 is 1.90 bits per heavy atom. The first-order valence-electron chi connectivity index (χ1n) is 11.0. The molecule has 2 atom stereocenters. The number of benzene rings is 1. The highest BCUT2D eigenvalue weighted by atomic mass is 16.3. The minimum atomic E-state index is -0.473. The van der Waals surface area contributed by atoms with Gasteiger partial charge in [-0.1, -0.05) is 37.1 Å². The Balaban J connectivity index is 1.42. The Morgan fingerprint density at radius 1 is 1.07 bits per heavy atom. The Kier molecular flexibility index (Phi) is 5.21. The van der Waals surface area contributed by atoms with Crippen LogP contribution in [-0.2, 0) is 6.42 Å². The molecule has 154 valence electrons. The molecule has 5 heteroatoms. The van der Waals surface area contributed by atoms with E-state index in [0.29, 0.717) is 18.0 Å². The molecular formula is C25H27N3O2. The van der Waals surface area contributed by atoms with Crippen molar-refractivity contribution in [3.63, 3.8) is 0 Å². The molecule has 2 N–H and O–H groups in total. The molecule has 2 aliphatic carbocycles. The first-order chi connectivity index (χ1) is 14.7. The highest BCUT2D eigenvalue weighted by molar-refractivity contribution is 5.96. The van der Waals surface area contributed by atoms with Gasteiger partial charge in [-0.15, -0.1) is 0 Å². The van der Waals surface area contributed by atoms with Gasteiger partial charge in [0.15, 0.2) is 0 Å². The minimum Gasteiger partial charge on any atom is -0.391 e. The summed E-state index contributed by atoms with van der Waals surface area (Å²) in [7, 11) is 0. The average Bonchev–Trinajstić information content (AvgIpc) is 3.61. The van der Waals surface area contributed by atoms with Crippen molar-refractivity contribution in [2.75, 3.05) is 0 Å². The first-order valence-corrected chi connectivity index (χ1v) is 11.0. The lowest BCUT2D eigenvalue weighted by molar-refractivity contribution is 0.0714. The van der Waals surface area contributed by atoms with Crippen LogP contribution in [0.25, 0.3) is 10.9 Å². The molecular weight excluding hydrogens is 374 g/mol. The Morgan fingerprint density at radius 3 is 2.67 bits per heavy atom. The van der Waals surface area contributed by atoms with Gasteiger partial charge in [-0.3, -0.25) is 9.78 Å². The van der Waals surface area contributed by atoms with Gasteiger partial charge >= 0.3 is 0 Å². The molecule has 2 fully saturated rings. The number of rotatable bonds is 5. The van der Waals surface area contributed by atoms with Crippen LogP contribution in [0.4, 0.5) is 0 Å². The van der Waals surface area contributed by atoms with Crippen LogP contribution in [0, 0.1) is 0 Å². The smallest absolute Gasteiger partial charge is 0.270 e. The van der Waals surface area contributed by atoms with E-state index in [4.69, 9.17) is 0 Å². The Hall–Kier alpha value is -2.79. The van der Waals surface area contributed by atoms with E-state index in [1.807, 2.05) is 30.5 Å². The molecule has 2 unspecified atom stereocenters. The summed E-state index contributed by atoms with van der Waals surface area (Å²) < 4.78 is 0. The third-order valence-corrected chi connectivity index (χ3v) is 6.32. The van der Waals surface area contributed by atoms with E-state index in [9.17, 15) is 9.90 Å². The summed E-state index contributed by atoms with van der Waals surface area (Å²) in [5, 5.41) is 14.3. The zero-order chi connectivity index (χ0) is 20.5. The molecule has 5 nitrogen and oxygen atoms in total. The summed E-state index contributed by atoms with van der Waals surface area (Å²) in [4.78, 5) is 22.2. The molecule has 0 bridgehead atoms. The van der Waals surface area contributed by atoms with Gasteiger partial charge in [-0.05, 0) is 61.4 Å². The Labute approximate surface area is 176 Å². The lowest BCUT2D eigenvalue weighted by Crippen LogP contribution is -2.45. The lowest BCUT2D eigenvalue weighted by Gasteiger charge is -2.28. The van der Waals surface area contributed by atoms with E-state index >= 15 is 0 Å². The molecule has 0 radical (unpaired) electrons. The monoisotopic (exact) mass is 401 g/mol. The van der Waals surface area contributed by atoms with E-state index in [-0.39, 0.29) is 11.9 Å². The number of aliphatic hydroxyl groups is 1. The molecule has 2 saturated carbocycles. The molecule has 0 spiro atoms. The largest absolute Gasteiger partial charge is 0.391 e. The maximum Gasteiger partial charge on any atom is 0.270 e. The standard InChI is InChI=1S/C25H27N3O2/c29-24-8-4-3-7-22(24)28-25(30)23-14-18(19-5-1-2-6-21(19)27-23)13-16-9-12-20(26-15-16)17-10-11-17/h1-2,5-6,9,12,14-15,17,22,24,29H,3-4,7-8,10-11,13H2,(H,28,30). The molecule has 2 heterocycles. The molecule has 1 aromatic carbocycles. The van der Waals surface area contributed by atoms with E-state index in [1.54, 1.807) is 0 Å². The number of hydrogen-bond donors (Lipinski definition) is 2. The number of amides is 1. The normalized spacial score (nSPS) is 21.5. The van der Waals surface area contributed by atoms with Gasteiger partial charge in [0, 0.05) is 23.2 Å². The second-order valence-electron chi connectivity index (χ2n) is 8.66. The number of fused-ring (bicyclic) bond motifs is 1. The first kappa shape index (κ1) is 19.2. The van der Waals surface area contributed by atoms with Crippen molar-refractivity contribution in [3.8, 4) is 0 Å². The highest BCUT2D eigenvalue weighted by Crippen LogP contribution is 2.38. The van der Waals surface area contributed by atoms with Crippen molar-refractivity contribution in [1.29, 1.82) is 0 Å². The quantitative estimate of drug-likeness (QED) is 0.674. The van der Waals surface area contributed by atoms with Crippen LogP contribution in [0.15, 0.2) is 48.7 Å². The van der Waals surface area contributed by atoms with Crippen molar-refractivity contribution < 1.29 is 9.90 Å². The number of aromatic nitrogens is 2. The molecule has 30 heavy (non-hydrogen) atoms. The maximum atomic E-state index is 12.9. The number of pyridine rings is 2. The second kappa shape index (κ2) is 8.15. The number of hydrogen-bond acceptors (Lipinski definition) is 4. The number of nitrogens with zero attached hydrogens (tertiary/aromatic N) is 2. The molecule has 5 rings (SSSR count). The summed E-state index contributed by atoms with van der Waals surface area (Å²) in [6.07, 6.45) is 8.28. The van der Waals surface area contributed by atoms with Gasteiger partial charge in [0.1, 0.15) is 5.69 Å². The van der Waals surface area contributed by atoms with Gasteiger partial charge in [0.05, 0.1) is 17.7 Å². The van der Waals surface area contributed by atoms with Crippen LogP contribution >= 0.6 is 0 Å². The number of nitrogens with one attached hydrogen (secondary N) is 1. The van der Waals surface area contributed by atoms with E-state index < -0.39 is 6.10 Å². The summed E-state index contributed by atoms with van der Waals surface area (Å²) in [6, 6.07) is 13.9. The van der Waals surface area contributed by atoms with Crippen LogP contribution in [0.3, 0.4) is 0 Å². The van der Waals surface area contributed by atoms with Crippen molar-refractivity contribution in [2.24, 2.45) is 0 Å². The number of para-hydroxylation sites is 1. The number of carbonyl (C=O) groups is 1. The second-order valence-corrected chi connectivity index (χ2v) is 8.66. The third kappa shape index (κ3) is 4.08. The van der Waals surface area contributed by atoms with E-state index in [0.717, 1.165) is 47.7 Å². The van der Waals surface area contributed by atoms with Gasteiger partial charge in [-0.25, -0.2) is 4.98 Å². The maximum absolute atomic E-state index is 12.9. The van der Waals surface area contributed by atoms with Crippen molar-refractivity contribution in [3.05, 3.63) is 71.2 Å². The molecule has 2 aliphatic rings. The molecule has 0 saturated heterocycles. The average molecular weight is 402 g/mol. The topological polar surface area (TPSA) is 75.1 Å². The van der Waals surface area contributed by atoms with Crippen LogP contribution in [-0.4, -0.2) is 33.1 Å². The molecule has 2 aromatic heterocycles. The fourth-order valence-corrected chi connectivity index (χ4v) is 4.41. The van der Waals surface area contributed by atoms with Crippen LogP contribution in [0.2, 0.25) is 0 Å². The number of aliphatic hydroxyl groups excluding tert-OH is 1. The van der Waals surface area contributed by atoms with Gasteiger partial charge < -0.3 is 10.4 Å². The van der Waals surface area contributed by atoms with Crippen LogP contribution in [0.1, 0.15) is 71.8 Å². The van der Waals surface area contributed by atoms with Crippen molar-refractivity contribution in [1.82, 2.24) is 15.3 Å². The van der Waals surface area contributed by atoms with E-state index in [1.165, 1.54) is 18.5 Å². The van der Waals surface area contributed by atoms with Crippen LogP contribution < -0.4 is 5.32 Å². The van der Waals surface area contributed by atoms with Crippen LogP contribution in [0.5, 0.6) is 0 Å². The van der Waals surface area contributed by atoms with Gasteiger partial charge in [-0.2, -0.15) is 0 Å². The molecule has 0 aliphatic heterocycles. The van der Waals surface area contributed by atoms with Gasteiger partial charge in [0.25, 0.3) is 5.91 Å². The zero-order valence-corrected chi connectivity index (χ0v) is 17.1. The fraction of sp³-hybridized carbons (Fsp3) is 0.400. The third-order valence-electron chi connectivity index (χ3n) is 6.32. The van der Waals surface area contributed by atoms with Crippen molar-refractivity contribution >= 4 is 16.8 Å². The summed E-state index contributed by atoms with van der Waals surface area (Å²) in [5.74, 6) is 0.432. The summed E-state index contributed by atoms with van der Waals surface area (Å²) >= 11 is 0. The Bertz CT molecular complexity index is 1060. The fourth-order valence-electron chi connectivity index (χ4n) is 4.41. The highest BCUT2D eigenvalue weighted by Gasteiger charge is 2.26. The predicted molar refractivity (Wildman–Crippen MR) is 116 cm³/mol. The summed E-state index contributed by atoms with van der Waals surface area (Å²) in [5.41, 5.74) is 4.60. The SMILES string of the molecule is O=C(NC1CCCCC1O)c1cc(Cc2ccc(C3CC3)nc2)c2ccccc2n1. The lowest BCUT2D eigenvalue weighted by atomic mass is 9.92. The summed E-state index contributed by atoms with van der Waals surface area (Å²) in [6.45, 7) is 0. The predicted octanol–water partition coefficient (Wildman–Crippen LogP) is 4.13. The van der Waals surface area contributed by atoms with E-state index in [2.05, 4.69) is 33.5 Å². The number of carbonyl (C=O) groups excluding carboxylic acids is 1. The van der Waals surface area contributed by atoms with Gasteiger partial charge in [0.2, 0.25) is 0 Å². The zero-order valence-electron chi connectivity index (χ0n) is 17.1. The minimum absolute atomic E-state index is 0.192. The van der Waals surface area contributed by atoms with Crippen molar-refractivity contribution in [2.45, 2.75) is 63.0 Å². The molecule has 3 aromatic rings. The molecule has 1 amide bonds.